The van der Waals surface area contributed by atoms with Crippen molar-refractivity contribution in [1.82, 2.24) is 4.90 Å². The van der Waals surface area contributed by atoms with Gasteiger partial charge in [-0.2, -0.15) is 13.2 Å². The number of alkyl halides is 3. The van der Waals surface area contributed by atoms with E-state index in [-0.39, 0.29) is 18.0 Å². The number of nitrogens with two attached hydrogens (primary N) is 1. The molecule has 0 saturated carbocycles. The third-order valence-electron chi connectivity index (χ3n) is 3.71. The highest BCUT2D eigenvalue weighted by molar-refractivity contribution is 4.92. The number of hydrogen-bond acceptors (Lipinski definition) is 3. The largest absolute Gasteiger partial charge is 0.389 e. The Bertz CT molecular complexity index is 250. The van der Waals surface area contributed by atoms with E-state index in [0.717, 1.165) is 13.1 Å². The van der Waals surface area contributed by atoms with Crippen molar-refractivity contribution in [3.8, 4) is 0 Å². The summed E-state index contributed by atoms with van der Waals surface area (Å²) in [5, 5.41) is 0. The summed E-state index contributed by atoms with van der Waals surface area (Å²) in [5.74, 6) is 0. The molecular formula is C12H23F3N2O. The van der Waals surface area contributed by atoms with Crippen LogP contribution in [0.2, 0.25) is 0 Å². The topological polar surface area (TPSA) is 38.5 Å². The molecular weight excluding hydrogens is 245 g/mol. The Morgan fingerprint density at radius 2 is 1.78 bits per heavy atom. The van der Waals surface area contributed by atoms with Crippen LogP contribution in [0.25, 0.3) is 0 Å². The van der Waals surface area contributed by atoms with Gasteiger partial charge in [-0.1, -0.05) is 0 Å². The number of rotatable bonds is 5. The average Bonchev–Trinajstić information content (AvgIpc) is 2.28. The van der Waals surface area contributed by atoms with E-state index in [1.807, 2.05) is 13.8 Å². The standard InChI is InChI=1S/C12H23F3N2O/c1-11(2,17-6-8-18-9-7-17)10(16)4-3-5-12(13,14)15/h10H,3-9,16H2,1-2H3. The summed E-state index contributed by atoms with van der Waals surface area (Å²) in [6.07, 6.45) is -4.34. The van der Waals surface area contributed by atoms with Gasteiger partial charge in [0.15, 0.2) is 0 Å². The molecule has 3 nitrogen and oxygen atoms in total. The first kappa shape index (κ1) is 15.7. The number of halogens is 3. The third kappa shape index (κ3) is 4.74. The molecule has 0 spiro atoms. The normalized spacial score (nSPS) is 21.0. The van der Waals surface area contributed by atoms with Crippen molar-refractivity contribution < 1.29 is 17.9 Å². The minimum absolute atomic E-state index is 0.0957. The van der Waals surface area contributed by atoms with Gasteiger partial charge in [0.25, 0.3) is 0 Å². The zero-order valence-corrected chi connectivity index (χ0v) is 11.1. The van der Waals surface area contributed by atoms with E-state index in [1.165, 1.54) is 0 Å². The van der Waals surface area contributed by atoms with Crippen LogP contribution < -0.4 is 5.73 Å². The average molecular weight is 268 g/mol. The number of nitrogens with zero attached hydrogens (tertiary/aromatic N) is 1. The van der Waals surface area contributed by atoms with Crippen LogP contribution in [0.4, 0.5) is 13.2 Å². The number of ether oxygens (including phenoxy) is 1. The second-order valence-electron chi connectivity index (χ2n) is 5.37. The van der Waals surface area contributed by atoms with Crippen molar-refractivity contribution in [2.75, 3.05) is 26.3 Å². The van der Waals surface area contributed by atoms with E-state index in [0.29, 0.717) is 19.6 Å². The molecule has 1 saturated heterocycles. The van der Waals surface area contributed by atoms with Gasteiger partial charge in [0.1, 0.15) is 0 Å². The molecule has 1 rings (SSSR count). The monoisotopic (exact) mass is 268 g/mol. The lowest BCUT2D eigenvalue weighted by Gasteiger charge is -2.44. The summed E-state index contributed by atoms with van der Waals surface area (Å²) in [4.78, 5) is 2.20. The van der Waals surface area contributed by atoms with E-state index in [4.69, 9.17) is 10.5 Å². The lowest BCUT2D eigenvalue weighted by molar-refractivity contribution is -0.136. The van der Waals surface area contributed by atoms with Crippen molar-refractivity contribution in [3.63, 3.8) is 0 Å². The maximum absolute atomic E-state index is 12.1. The van der Waals surface area contributed by atoms with Crippen LogP contribution in [0.5, 0.6) is 0 Å². The summed E-state index contributed by atoms with van der Waals surface area (Å²) in [6, 6.07) is -0.252. The van der Waals surface area contributed by atoms with E-state index in [2.05, 4.69) is 4.90 Å². The Balaban J connectivity index is 2.40. The van der Waals surface area contributed by atoms with Crippen LogP contribution >= 0.6 is 0 Å². The van der Waals surface area contributed by atoms with Crippen molar-refractivity contribution in [2.24, 2.45) is 5.73 Å². The van der Waals surface area contributed by atoms with Crippen molar-refractivity contribution >= 4 is 0 Å². The van der Waals surface area contributed by atoms with E-state index < -0.39 is 12.6 Å². The highest BCUT2D eigenvalue weighted by Crippen LogP contribution is 2.26. The van der Waals surface area contributed by atoms with Crippen LogP contribution in [0.15, 0.2) is 0 Å². The molecule has 0 bridgehead atoms. The molecule has 0 aromatic carbocycles. The van der Waals surface area contributed by atoms with Gasteiger partial charge in [0.2, 0.25) is 0 Å². The molecule has 0 aliphatic carbocycles. The molecule has 1 unspecified atom stereocenters. The van der Waals surface area contributed by atoms with Gasteiger partial charge in [-0.3, -0.25) is 4.90 Å². The van der Waals surface area contributed by atoms with Gasteiger partial charge >= 0.3 is 6.18 Å². The van der Waals surface area contributed by atoms with Crippen molar-refractivity contribution in [1.29, 1.82) is 0 Å². The quantitative estimate of drug-likeness (QED) is 0.830. The third-order valence-corrected chi connectivity index (χ3v) is 3.71. The van der Waals surface area contributed by atoms with Gasteiger partial charge in [-0.15, -0.1) is 0 Å². The molecule has 0 radical (unpaired) electrons. The molecule has 0 aromatic heterocycles. The summed E-state index contributed by atoms with van der Waals surface area (Å²) < 4.78 is 41.5. The Hall–Kier alpha value is -0.330. The van der Waals surface area contributed by atoms with E-state index in [9.17, 15) is 13.2 Å². The zero-order valence-electron chi connectivity index (χ0n) is 11.1. The minimum atomic E-state index is -4.08. The molecule has 1 aliphatic heterocycles. The fraction of sp³-hybridized carbons (Fsp3) is 1.00. The first-order valence-electron chi connectivity index (χ1n) is 6.38. The van der Waals surface area contributed by atoms with Gasteiger partial charge in [-0.05, 0) is 26.7 Å². The Morgan fingerprint density at radius 1 is 1.22 bits per heavy atom. The van der Waals surface area contributed by atoms with E-state index >= 15 is 0 Å². The van der Waals surface area contributed by atoms with Crippen LogP contribution in [0.1, 0.15) is 33.1 Å². The SMILES string of the molecule is CC(C)(C(N)CCCC(F)(F)F)N1CCOCC1. The maximum Gasteiger partial charge on any atom is 0.389 e. The summed E-state index contributed by atoms with van der Waals surface area (Å²) in [6.45, 7) is 6.91. The highest BCUT2D eigenvalue weighted by atomic mass is 19.4. The lowest BCUT2D eigenvalue weighted by Crippen LogP contribution is -2.59. The van der Waals surface area contributed by atoms with Gasteiger partial charge in [0, 0.05) is 31.1 Å². The molecule has 1 aliphatic rings. The van der Waals surface area contributed by atoms with Crippen LogP contribution in [-0.2, 0) is 4.74 Å². The molecule has 108 valence electrons. The number of hydrogen-bond donors (Lipinski definition) is 1. The minimum Gasteiger partial charge on any atom is -0.379 e. The summed E-state index contributed by atoms with van der Waals surface area (Å²) in [5.41, 5.74) is 5.78. The highest BCUT2D eigenvalue weighted by Gasteiger charge is 2.34. The van der Waals surface area contributed by atoms with Crippen LogP contribution in [-0.4, -0.2) is 49.0 Å². The molecule has 0 aromatic rings. The smallest absolute Gasteiger partial charge is 0.379 e. The van der Waals surface area contributed by atoms with Crippen molar-refractivity contribution in [2.45, 2.75) is 50.9 Å². The second kappa shape index (κ2) is 6.21. The summed E-state index contributed by atoms with van der Waals surface area (Å²) in [7, 11) is 0. The molecule has 0 amide bonds. The zero-order chi connectivity index (χ0) is 13.8. The lowest BCUT2D eigenvalue weighted by atomic mass is 9.89. The van der Waals surface area contributed by atoms with Crippen LogP contribution in [0, 0.1) is 0 Å². The Morgan fingerprint density at radius 3 is 2.28 bits per heavy atom. The predicted molar refractivity (Wildman–Crippen MR) is 64.4 cm³/mol. The van der Waals surface area contributed by atoms with Gasteiger partial charge in [-0.25, -0.2) is 0 Å². The van der Waals surface area contributed by atoms with Crippen molar-refractivity contribution in [3.05, 3.63) is 0 Å². The van der Waals surface area contributed by atoms with Crippen LogP contribution in [0.3, 0.4) is 0 Å². The number of morpholine rings is 1. The van der Waals surface area contributed by atoms with Gasteiger partial charge < -0.3 is 10.5 Å². The second-order valence-corrected chi connectivity index (χ2v) is 5.37. The predicted octanol–water partition coefficient (Wildman–Crippen LogP) is 2.16. The summed E-state index contributed by atoms with van der Waals surface area (Å²) >= 11 is 0. The Labute approximate surface area is 106 Å². The first-order valence-corrected chi connectivity index (χ1v) is 6.38. The molecule has 6 heteroatoms. The Kier molecular flexibility index (Phi) is 5.43. The van der Waals surface area contributed by atoms with Gasteiger partial charge in [0.05, 0.1) is 13.2 Å². The fourth-order valence-corrected chi connectivity index (χ4v) is 2.25. The maximum atomic E-state index is 12.1. The molecule has 18 heavy (non-hydrogen) atoms. The first-order chi connectivity index (χ1) is 8.23. The molecule has 1 heterocycles. The molecule has 1 fully saturated rings. The fourth-order valence-electron chi connectivity index (χ4n) is 2.25. The molecule has 2 N–H and O–H groups in total. The van der Waals surface area contributed by atoms with E-state index in [1.54, 1.807) is 0 Å². The molecule has 1 atom stereocenters.